The van der Waals surface area contributed by atoms with Crippen molar-refractivity contribution >= 4 is 29.0 Å². The Kier molecular flexibility index (Phi) is 10.5. The first-order valence-corrected chi connectivity index (χ1v) is 16.5. The zero-order valence-corrected chi connectivity index (χ0v) is 27.2. The van der Waals surface area contributed by atoms with Gasteiger partial charge in [-0.1, -0.05) is 66.6 Å². The zero-order valence-electron chi connectivity index (χ0n) is 27.2. The molecule has 2 fully saturated rings. The lowest BCUT2D eigenvalue weighted by atomic mass is 9.91. The monoisotopic (exact) mass is 651 g/mol. The van der Waals surface area contributed by atoms with E-state index < -0.39 is 18.4 Å². The summed E-state index contributed by atoms with van der Waals surface area (Å²) in [5.41, 5.74) is 3.26. The fraction of sp³-hybridized carbons (Fsp3) is 0.417. The van der Waals surface area contributed by atoms with Gasteiger partial charge in [-0.2, -0.15) is 0 Å². The third-order valence-electron chi connectivity index (χ3n) is 8.94. The van der Waals surface area contributed by atoms with Crippen LogP contribution in [0.4, 0.5) is 10.6 Å². The number of piperidine rings is 1. The number of amides is 2. The van der Waals surface area contributed by atoms with Crippen LogP contribution < -0.4 is 10.6 Å². The standard InChI is InChI=1S/C36H41N7O5/c1-3-37-34(45)29-21-28(44)35(48-29)43-23-39-31-32(38-22-27(25-12-6-4-7-13-25)26-14-8-5-9-15-26)40-30(41-33(31)43)16-10-11-24-17-19-42(20-18-24)36(46)47-2/h4-9,12-15,23-24,27-29,35,44H,3,11,17-22H2,1-2H3,(H,37,45)(H,38,40,41)/t28?,29-,35+/m0/s1. The number of aliphatic hydroxyl groups is 1. The molecule has 0 aliphatic carbocycles. The first-order valence-electron chi connectivity index (χ1n) is 16.5. The van der Waals surface area contributed by atoms with E-state index in [2.05, 4.69) is 51.7 Å². The number of ether oxygens (including phenoxy) is 2. The molecule has 2 aliphatic heterocycles. The number of hydrogen-bond donors (Lipinski definition) is 3. The second-order valence-electron chi connectivity index (χ2n) is 12.1. The van der Waals surface area contributed by atoms with Crippen molar-refractivity contribution in [2.75, 3.05) is 38.6 Å². The van der Waals surface area contributed by atoms with Gasteiger partial charge in [0.15, 0.2) is 23.2 Å². The van der Waals surface area contributed by atoms with Gasteiger partial charge in [0, 0.05) is 44.9 Å². The highest BCUT2D eigenvalue weighted by atomic mass is 16.5. The number of methoxy groups -OCH3 is 1. The first kappa shape index (κ1) is 32.9. The van der Waals surface area contributed by atoms with Crippen LogP contribution in [0.25, 0.3) is 11.2 Å². The van der Waals surface area contributed by atoms with E-state index in [1.165, 1.54) is 7.11 Å². The maximum Gasteiger partial charge on any atom is 0.409 e. The van der Waals surface area contributed by atoms with Crippen LogP contribution in [0, 0.1) is 17.8 Å². The quantitative estimate of drug-likeness (QED) is 0.228. The Bertz CT molecular complexity index is 1720. The molecule has 0 radical (unpaired) electrons. The number of anilines is 1. The summed E-state index contributed by atoms with van der Waals surface area (Å²) in [5.74, 6) is 7.35. The van der Waals surface area contributed by atoms with E-state index in [9.17, 15) is 14.7 Å². The number of nitrogens with zero attached hydrogens (tertiary/aromatic N) is 5. The number of aliphatic hydroxyl groups excluding tert-OH is 1. The number of hydrogen-bond acceptors (Lipinski definition) is 9. The smallest absolute Gasteiger partial charge is 0.409 e. The molecule has 250 valence electrons. The Morgan fingerprint density at radius 2 is 1.75 bits per heavy atom. The van der Waals surface area contributed by atoms with Crippen molar-refractivity contribution in [1.29, 1.82) is 0 Å². The Labute approximate surface area is 279 Å². The van der Waals surface area contributed by atoms with Gasteiger partial charge in [0.2, 0.25) is 11.7 Å². The molecule has 1 unspecified atom stereocenters. The highest BCUT2D eigenvalue weighted by Gasteiger charge is 2.40. The molecule has 4 heterocycles. The van der Waals surface area contributed by atoms with Crippen molar-refractivity contribution in [3.63, 3.8) is 0 Å². The van der Waals surface area contributed by atoms with Crippen LogP contribution in [-0.4, -0.2) is 87.0 Å². The number of likely N-dealkylation sites (N-methyl/N-ethyl adjacent to an activating group) is 1. The average Bonchev–Trinajstić information content (AvgIpc) is 3.72. The second-order valence-corrected chi connectivity index (χ2v) is 12.1. The van der Waals surface area contributed by atoms with E-state index in [1.54, 1.807) is 15.8 Å². The zero-order chi connectivity index (χ0) is 33.5. The first-order chi connectivity index (χ1) is 23.4. The van der Waals surface area contributed by atoms with Crippen molar-refractivity contribution in [2.24, 2.45) is 5.92 Å². The summed E-state index contributed by atoms with van der Waals surface area (Å²) in [6, 6.07) is 20.6. The minimum absolute atomic E-state index is 0.0303. The van der Waals surface area contributed by atoms with Gasteiger partial charge in [0.05, 0.1) is 13.4 Å². The van der Waals surface area contributed by atoms with Crippen molar-refractivity contribution in [1.82, 2.24) is 29.7 Å². The van der Waals surface area contributed by atoms with Crippen molar-refractivity contribution in [3.8, 4) is 11.8 Å². The molecule has 2 saturated heterocycles. The third kappa shape index (κ3) is 7.43. The minimum Gasteiger partial charge on any atom is -0.453 e. The summed E-state index contributed by atoms with van der Waals surface area (Å²) in [4.78, 5) is 40.3. The van der Waals surface area contributed by atoms with E-state index in [4.69, 9.17) is 19.4 Å². The van der Waals surface area contributed by atoms with E-state index in [0.29, 0.717) is 61.3 Å². The van der Waals surface area contributed by atoms with Crippen molar-refractivity contribution < 1.29 is 24.2 Å². The summed E-state index contributed by atoms with van der Waals surface area (Å²) < 4.78 is 12.5. The van der Waals surface area contributed by atoms with Gasteiger partial charge in [-0.3, -0.25) is 9.36 Å². The topological polar surface area (TPSA) is 144 Å². The molecule has 2 aromatic carbocycles. The summed E-state index contributed by atoms with van der Waals surface area (Å²) in [6.45, 7) is 4.11. The number of benzene rings is 2. The van der Waals surface area contributed by atoms with Crippen molar-refractivity contribution in [2.45, 2.75) is 57.0 Å². The number of carbonyl (C=O) groups excluding carboxylic acids is 2. The molecule has 6 rings (SSSR count). The van der Waals surface area contributed by atoms with Gasteiger partial charge in [-0.05, 0) is 42.7 Å². The lowest BCUT2D eigenvalue weighted by Gasteiger charge is -2.29. The second kappa shape index (κ2) is 15.3. The predicted molar refractivity (Wildman–Crippen MR) is 180 cm³/mol. The third-order valence-corrected chi connectivity index (χ3v) is 8.94. The van der Waals surface area contributed by atoms with E-state index in [1.807, 2.05) is 43.3 Å². The Hall–Kier alpha value is -4.99. The maximum atomic E-state index is 12.5. The lowest BCUT2D eigenvalue weighted by molar-refractivity contribution is -0.134. The summed E-state index contributed by atoms with van der Waals surface area (Å²) in [6.07, 6.45) is 1.17. The molecule has 4 aromatic rings. The Balaban J connectivity index is 1.29. The average molecular weight is 652 g/mol. The molecule has 0 saturated carbocycles. The molecule has 3 atom stereocenters. The largest absolute Gasteiger partial charge is 0.453 e. The molecule has 12 nitrogen and oxygen atoms in total. The summed E-state index contributed by atoms with van der Waals surface area (Å²) >= 11 is 0. The minimum atomic E-state index is -0.938. The number of nitrogens with one attached hydrogen (secondary N) is 2. The van der Waals surface area contributed by atoms with Crippen LogP contribution in [-0.2, 0) is 14.3 Å². The molecule has 0 spiro atoms. The summed E-state index contributed by atoms with van der Waals surface area (Å²) in [7, 11) is 1.40. The van der Waals surface area contributed by atoms with Gasteiger partial charge < -0.3 is 30.1 Å². The van der Waals surface area contributed by atoms with Crippen molar-refractivity contribution in [3.05, 3.63) is 83.9 Å². The SMILES string of the molecule is CCNC(=O)[C@@H]1CC(O)[C@H](n2cnc3c(NCC(c4ccccc4)c4ccccc4)nc(C#CCC4CCN(C(=O)OC)CC4)nc32)O1. The normalized spacial score (nSPS) is 19.6. The Morgan fingerprint density at radius 1 is 1.06 bits per heavy atom. The van der Waals surface area contributed by atoms with Crippen LogP contribution >= 0.6 is 0 Å². The maximum absolute atomic E-state index is 12.5. The van der Waals surface area contributed by atoms with Gasteiger partial charge in [0.25, 0.3) is 0 Å². The molecular formula is C36H41N7O5. The molecular weight excluding hydrogens is 610 g/mol. The molecule has 2 aromatic heterocycles. The van der Waals surface area contributed by atoms with E-state index in [-0.39, 0.29) is 24.3 Å². The van der Waals surface area contributed by atoms with E-state index in [0.717, 1.165) is 24.0 Å². The van der Waals surface area contributed by atoms with Crippen LogP contribution in [0.1, 0.15) is 61.7 Å². The number of likely N-dealkylation sites (tertiary alicyclic amines) is 1. The van der Waals surface area contributed by atoms with Crippen LogP contribution in [0.3, 0.4) is 0 Å². The highest BCUT2D eigenvalue weighted by molar-refractivity contribution is 5.84. The number of carbonyl (C=O) groups is 2. The fourth-order valence-electron chi connectivity index (χ4n) is 6.36. The van der Waals surface area contributed by atoms with Gasteiger partial charge in [0.1, 0.15) is 12.2 Å². The highest BCUT2D eigenvalue weighted by Crippen LogP contribution is 2.33. The number of imidazole rings is 1. The molecule has 3 N–H and O–H groups in total. The summed E-state index contributed by atoms with van der Waals surface area (Å²) in [5, 5.41) is 17.3. The van der Waals surface area contributed by atoms with Crippen LogP contribution in [0.2, 0.25) is 0 Å². The molecule has 2 amide bonds. The molecule has 2 aliphatic rings. The molecule has 0 bridgehead atoms. The molecule has 48 heavy (non-hydrogen) atoms. The number of rotatable bonds is 9. The van der Waals surface area contributed by atoms with Gasteiger partial charge in [-0.15, -0.1) is 0 Å². The van der Waals surface area contributed by atoms with Crippen LogP contribution in [0.5, 0.6) is 0 Å². The van der Waals surface area contributed by atoms with E-state index >= 15 is 0 Å². The fourth-order valence-corrected chi connectivity index (χ4v) is 6.36. The molecule has 12 heteroatoms. The number of fused-ring (bicyclic) bond motifs is 1. The van der Waals surface area contributed by atoms with Gasteiger partial charge in [-0.25, -0.2) is 19.7 Å². The number of aromatic nitrogens is 4. The van der Waals surface area contributed by atoms with Gasteiger partial charge >= 0.3 is 6.09 Å². The Morgan fingerprint density at radius 3 is 2.40 bits per heavy atom. The van der Waals surface area contributed by atoms with Crippen LogP contribution in [0.15, 0.2) is 67.0 Å². The lowest BCUT2D eigenvalue weighted by Crippen LogP contribution is -2.38. The predicted octanol–water partition coefficient (Wildman–Crippen LogP) is 4.07.